The van der Waals surface area contributed by atoms with E-state index in [0.29, 0.717) is 26.2 Å². The number of carbonyl (C=O) groups is 1. The molecule has 0 spiro atoms. The molecule has 0 bridgehead atoms. The van der Waals surface area contributed by atoms with E-state index in [4.69, 9.17) is 9.47 Å². The van der Waals surface area contributed by atoms with Gasteiger partial charge < -0.3 is 19.5 Å². The van der Waals surface area contributed by atoms with Crippen LogP contribution < -0.4 is 19.5 Å². The fourth-order valence-corrected chi connectivity index (χ4v) is 3.03. The fraction of sp³-hybridized carbons (Fsp3) is 0.278. The average Bonchev–Trinajstić information content (AvgIpc) is 2.60. The molecule has 2 aromatic rings. The third-order valence-corrected chi connectivity index (χ3v) is 4.57. The summed E-state index contributed by atoms with van der Waals surface area (Å²) in [6.45, 7) is 1.73. The Labute approximate surface area is 167 Å². The van der Waals surface area contributed by atoms with Crippen molar-refractivity contribution in [3.63, 3.8) is 0 Å². The molecule has 2 aromatic carbocycles. The maximum absolute atomic E-state index is 12.6. The van der Waals surface area contributed by atoms with E-state index in [1.165, 1.54) is 38.5 Å². The highest BCUT2D eigenvalue weighted by molar-refractivity contribution is 14.1. The van der Waals surface area contributed by atoms with Crippen LogP contribution in [0.5, 0.6) is 17.2 Å². The third-order valence-electron chi connectivity index (χ3n) is 3.68. The van der Waals surface area contributed by atoms with Crippen LogP contribution in [0.15, 0.2) is 36.4 Å². The van der Waals surface area contributed by atoms with Gasteiger partial charge in [0.15, 0.2) is 11.5 Å². The van der Waals surface area contributed by atoms with Gasteiger partial charge in [-0.25, -0.2) is 0 Å². The van der Waals surface area contributed by atoms with Crippen LogP contribution in [0, 0.1) is 3.57 Å². The molecule has 0 saturated heterocycles. The SMILES string of the molecule is COc1cc(I)c(C(=O)NC(C)c2ccc(OC(F)(F)F)cc2)cc1OC. The van der Waals surface area contributed by atoms with Crippen LogP contribution in [0.25, 0.3) is 0 Å². The first-order valence-corrected chi connectivity index (χ1v) is 8.80. The van der Waals surface area contributed by atoms with Gasteiger partial charge in [-0.1, -0.05) is 12.1 Å². The van der Waals surface area contributed by atoms with Gasteiger partial charge in [-0.2, -0.15) is 0 Å². The normalized spacial score (nSPS) is 12.3. The lowest BCUT2D eigenvalue weighted by atomic mass is 10.1. The number of ether oxygens (including phenoxy) is 3. The van der Waals surface area contributed by atoms with Gasteiger partial charge in [0, 0.05) is 3.57 Å². The number of benzene rings is 2. The third kappa shape index (κ3) is 5.65. The largest absolute Gasteiger partial charge is 0.573 e. The lowest BCUT2D eigenvalue weighted by Gasteiger charge is -2.17. The van der Waals surface area contributed by atoms with E-state index in [0.717, 1.165) is 0 Å². The molecular weight excluding hydrogens is 478 g/mol. The van der Waals surface area contributed by atoms with Crippen molar-refractivity contribution in [1.82, 2.24) is 5.32 Å². The van der Waals surface area contributed by atoms with Gasteiger partial charge >= 0.3 is 6.36 Å². The maximum atomic E-state index is 12.6. The molecule has 0 radical (unpaired) electrons. The molecular formula is C18H17F3INO4. The number of amides is 1. The van der Waals surface area contributed by atoms with Gasteiger partial charge in [0.05, 0.1) is 25.8 Å². The summed E-state index contributed by atoms with van der Waals surface area (Å²) in [6.07, 6.45) is -4.74. The molecule has 27 heavy (non-hydrogen) atoms. The highest BCUT2D eigenvalue weighted by Crippen LogP contribution is 2.31. The molecule has 0 aliphatic carbocycles. The highest BCUT2D eigenvalue weighted by atomic mass is 127. The Balaban J connectivity index is 2.13. The second kappa shape index (κ2) is 8.68. The molecule has 0 fully saturated rings. The first-order valence-electron chi connectivity index (χ1n) is 7.72. The Kier molecular flexibility index (Phi) is 6.79. The van der Waals surface area contributed by atoms with Crippen molar-refractivity contribution in [2.24, 2.45) is 0 Å². The van der Waals surface area contributed by atoms with Crippen LogP contribution in [-0.2, 0) is 0 Å². The highest BCUT2D eigenvalue weighted by Gasteiger charge is 2.31. The summed E-state index contributed by atoms with van der Waals surface area (Å²) in [5.41, 5.74) is 1.03. The van der Waals surface area contributed by atoms with Crippen molar-refractivity contribution < 1.29 is 32.2 Å². The van der Waals surface area contributed by atoms with Gasteiger partial charge in [-0.05, 0) is 59.3 Å². The Bertz CT molecular complexity index is 809. The molecule has 1 unspecified atom stereocenters. The standard InChI is InChI=1S/C18H17F3INO4/c1-10(11-4-6-12(7-5-11)27-18(19,20)21)23-17(24)13-8-15(25-2)16(26-3)9-14(13)22/h4-10H,1-3H3,(H,23,24). The van der Waals surface area contributed by atoms with E-state index in [-0.39, 0.29) is 11.7 Å². The number of alkyl halides is 3. The summed E-state index contributed by atoms with van der Waals surface area (Å²) in [5, 5.41) is 2.81. The molecule has 146 valence electrons. The molecule has 0 heterocycles. The molecule has 9 heteroatoms. The lowest BCUT2D eigenvalue weighted by Crippen LogP contribution is -2.27. The molecule has 2 rings (SSSR count). The quantitative estimate of drug-likeness (QED) is 0.591. The summed E-state index contributed by atoms with van der Waals surface area (Å²) in [7, 11) is 2.97. The van der Waals surface area contributed by atoms with Crippen LogP contribution in [0.1, 0.15) is 28.9 Å². The predicted molar refractivity (Wildman–Crippen MR) is 101 cm³/mol. The van der Waals surface area contributed by atoms with Gasteiger partial charge in [0.1, 0.15) is 5.75 Å². The molecule has 1 atom stereocenters. The zero-order chi connectivity index (χ0) is 20.2. The van der Waals surface area contributed by atoms with Crippen LogP contribution >= 0.6 is 22.6 Å². The van der Waals surface area contributed by atoms with Crippen LogP contribution in [-0.4, -0.2) is 26.5 Å². The Morgan fingerprint density at radius 3 is 2.15 bits per heavy atom. The number of methoxy groups -OCH3 is 2. The number of nitrogens with one attached hydrogen (secondary N) is 1. The number of hydrogen-bond donors (Lipinski definition) is 1. The van der Waals surface area contributed by atoms with E-state index >= 15 is 0 Å². The van der Waals surface area contributed by atoms with E-state index in [2.05, 4.69) is 10.1 Å². The summed E-state index contributed by atoms with van der Waals surface area (Å²) in [6, 6.07) is 8.15. The number of rotatable bonds is 6. The minimum Gasteiger partial charge on any atom is -0.493 e. The second-order valence-corrected chi connectivity index (χ2v) is 6.66. The van der Waals surface area contributed by atoms with Gasteiger partial charge in [-0.15, -0.1) is 13.2 Å². The smallest absolute Gasteiger partial charge is 0.493 e. The predicted octanol–water partition coefficient (Wildman–Crippen LogP) is 4.70. The number of hydrogen-bond acceptors (Lipinski definition) is 4. The minimum atomic E-state index is -4.74. The average molecular weight is 495 g/mol. The van der Waals surface area contributed by atoms with Crippen LogP contribution in [0.2, 0.25) is 0 Å². The van der Waals surface area contributed by atoms with E-state index in [9.17, 15) is 18.0 Å². The van der Waals surface area contributed by atoms with Crippen molar-refractivity contribution in [2.45, 2.75) is 19.3 Å². The van der Waals surface area contributed by atoms with E-state index < -0.39 is 12.4 Å². The summed E-state index contributed by atoms with van der Waals surface area (Å²) in [5.74, 6) is 0.263. The number of carbonyl (C=O) groups excluding carboxylic acids is 1. The minimum absolute atomic E-state index is 0.320. The molecule has 0 saturated carbocycles. The van der Waals surface area contributed by atoms with Crippen molar-refractivity contribution >= 4 is 28.5 Å². The van der Waals surface area contributed by atoms with Crippen LogP contribution in [0.3, 0.4) is 0 Å². The molecule has 1 amide bonds. The Morgan fingerprint density at radius 2 is 1.63 bits per heavy atom. The second-order valence-electron chi connectivity index (χ2n) is 5.50. The monoisotopic (exact) mass is 495 g/mol. The van der Waals surface area contributed by atoms with E-state index in [1.807, 2.05) is 22.6 Å². The first kappa shape index (κ1) is 21.1. The van der Waals surface area contributed by atoms with Crippen molar-refractivity contribution in [1.29, 1.82) is 0 Å². The van der Waals surface area contributed by atoms with Gasteiger partial charge in [0.25, 0.3) is 5.91 Å². The van der Waals surface area contributed by atoms with Crippen molar-refractivity contribution in [2.75, 3.05) is 14.2 Å². The zero-order valence-electron chi connectivity index (χ0n) is 14.7. The maximum Gasteiger partial charge on any atom is 0.573 e. The Morgan fingerprint density at radius 1 is 1.07 bits per heavy atom. The van der Waals surface area contributed by atoms with Crippen molar-refractivity contribution in [3.05, 3.63) is 51.1 Å². The van der Waals surface area contributed by atoms with Crippen molar-refractivity contribution in [3.8, 4) is 17.2 Å². The molecule has 0 aliphatic heterocycles. The topological polar surface area (TPSA) is 56.8 Å². The summed E-state index contributed by atoms with van der Waals surface area (Å²) >= 11 is 2.02. The Hall–Kier alpha value is -2.17. The zero-order valence-corrected chi connectivity index (χ0v) is 16.8. The lowest BCUT2D eigenvalue weighted by molar-refractivity contribution is -0.274. The summed E-state index contributed by atoms with van der Waals surface area (Å²) < 4.78 is 51.6. The molecule has 0 aromatic heterocycles. The van der Waals surface area contributed by atoms with E-state index in [1.54, 1.807) is 19.1 Å². The first-order chi connectivity index (χ1) is 12.6. The van der Waals surface area contributed by atoms with Crippen LogP contribution in [0.4, 0.5) is 13.2 Å². The fourth-order valence-electron chi connectivity index (χ4n) is 2.34. The molecule has 1 N–H and O–H groups in total. The molecule has 0 aliphatic rings. The summed E-state index contributed by atoms with van der Waals surface area (Å²) in [4.78, 5) is 12.6. The number of halogens is 4. The van der Waals surface area contributed by atoms with Gasteiger partial charge in [-0.3, -0.25) is 4.79 Å². The van der Waals surface area contributed by atoms with Gasteiger partial charge in [0.2, 0.25) is 0 Å². The molecule has 5 nitrogen and oxygen atoms in total.